The summed E-state index contributed by atoms with van der Waals surface area (Å²) in [5.74, 6) is -0.493. The summed E-state index contributed by atoms with van der Waals surface area (Å²) >= 11 is 6.13. The van der Waals surface area contributed by atoms with Gasteiger partial charge in [0.2, 0.25) is 5.91 Å². The third-order valence-corrected chi connectivity index (χ3v) is 7.27. The quantitative estimate of drug-likeness (QED) is 0.410. The monoisotopic (exact) mass is 511 g/mol. The van der Waals surface area contributed by atoms with Crippen LogP contribution in [0, 0.1) is 0 Å². The maximum absolute atomic E-state index is 12.8. The van der Waals surface area contributed by atoms with Crippen LogP contribution in [0.5, 0.6) is 0 Å². The van der Waals surface area contributed by atoms with Gasteiger partial charge in [-0.3, -0.25) is 9.59 Å². The van der Waals surface area contributed by atoms with Gasteiger partial charge in [0.1, 0.15) is 0 Å². The van der Waals surface area contributed by atoms with E-state index < -0.39 is 5.91 Å². The van der Waals surface area contributed by atoms with Gasteiger partial charge in [-0.15, -0.1) is 0 Å². The standard InChI is InChI=1S/C31H30ClN3O2/c32-26-7-3-5-22(17-26)19-34-31(37)25-14-15-29-24(18-25)6-4-16-35(29)20-21-10-12-23(13-11-21)27-8-1-2-9-28(27)30(33)36/h1-2,5,8-15,17-18H,3-4,6-7,16,19-20H2,(H2,33,36)(H,34,37). The smallest absolute Gasteiger partial charge is 0.251 e. The van der Waals surface area contributed by atoms with E-state index in [2.05, 4.69) is 34.5 Å². The zero-order chi connectivity index (χ0) is 25.8. The SMILES string of the molecule is NC(=O)c1ccccc1-c1ccc(CN2CCCc3cc(C(=O)NCC4=CCCC(Cl)=C4)ccc32)cc1. The summed E-state index contributed by atoms with van der Waals surface area (Å²) in [6.45, 7) is 2.22. The number of hydrogen-bond donors (Lipinski definition) is 2. The summed E-state index contributed by atoms with van der Waals surface area (Å²) in [5, 5.41) is 3.86. The molecule has 0 spiro atoms. The Hall–Kier alpha value is -3.83. The summed E-state index contributed by atoms with van der Waals surface area (Å²) in [5.41, 5.74) is 13.2. The Morgan fingerprint density at radius 1 is 1.00 bits per heavy atom. The number of aryl methyl sites for hydroxylation is 1. The molecule has 6 heteroatoms. The number of nitrogens with zero attached hydrogens (tertiary/aromatic N) is 1. The van der Waals surface area contributed by atoms with Gasteiger partial charge in [-0.25, -0.2) is 0 Å². The summed E-state index contributed by atoms with van der Waals surface area (Å²) < 4.78 is 0. The zero-order valence-corrected chi connectivity index (χ0v) is 21.4. The number of nitrogens with one attached hydrogen (secondary N) is 1. The van der Waals surface area contributed by atoms with E-state index >= 15 is 0 Å². The Bertz CT molecular complexity index is 1390. The summed E-state index contributed by atoms with van der Waals surface area (Å²) in [7, 11) is 0. The topological polar surface area (TPSA) is 75.4 Å². The van der Waals surface area contributed by atoms with Crippen molar-refractivity contribution in [3.8, 4) is 11.1 Å². The molecule has 0 radical (unpaired) electrons. The van der Waals surface area contributed by atoms with Crippen molar-refractivity contribution in [3.05, 3.63) is 112 Å². The van der Waals surface area contributed by atoms with Crippen LogP contribution in [-0.2, 0) is 13.0 Å². The first kappa shape index (κ1) is 24.8. The average Bonchev–Trinajstić information content (AvgIpc) is 2.92. The molecule has 0 aromatic heterocycles. The van der Waals surface area contributed by atoms with Gasteiger partial charge >= 0.3 is 0 Å². The van der Waals surface area contributed by atoms with Crippen LogP contribution < -0.4 is 16.0 Å². The first-order chi connectivity index (χ1) is 18.0. The Morgan fingerprint density at radius 3 is 2.59 bits per heavy atom. The highest BCUT2D eigenvalue weighted by Gasteiger charge is 2.19. The number of carbonyl (C=O) groups excluding carboxylic acids is 2. The molecule has 2 amide bonds. The first-order valence-electron chi connectivity index (χ1n) is 12.7. The van der Waals surface area contributed by atoms with Gasteiger partial charge in [0.15, 0.2) is 0 Å². The van der Waals surface area contributed by atoms with Gasteiger partial charge in [0.05, 0.1) is 0 Å². The Labute approximate surface area is 222 Å². The Morgan fingerprint density at radius 2 is 1.81 bits per heavy atom. The second-order valence-electron chi connectivity index (χ2n) is 9.57. The molecule has 5 nitrogen and oxygen atoms in total. The van der Waals surface area contributed by atoms with Crippen molar-refractivity contribution < 1.29 is 9.59 Å². The largest absolute Gasteiger partial charge is 0.367 e. The van der Waals surface area contributed by atoms with Crippen molar-refractivity contribution in [2.75, 3.05) is 18.0 Å². The third-order valence-electron chi connectivity index (χ3n) is 6.97. The number of benzene rings is 3. The Kier molecular flexibility index (Phi) is 7.42. The fourth-order valence-electron chi connectivity index (χ4n) is 5.08. The van der Waals surface area contributed by atoms with Gasteiger partial charge in [-0.1, -0.05) is 60.1 Å². The molecule has 0 unspecified atom stereocenters. The number of fused-ring (bicyclic) bond motifs is 1. The highest BCUT2D eigenvalue weighted by molar-refractivity contribution is 6.29. The molecule has 5 rings (SSSR count). The number of carbonyl (C=O) groups is 2. The zero-order valence-electron chi connectivity index (χ0n) is 20.7. The molecule has 2 aliphatic rings. The number of allylic oxidation sites excluding steroid dienone is 2. The van der Waals surface area contributed by atoms with E-state index in [0.717, 1.165) is 60.5 Å². The molecule has 188 valence electrons. The molecule has 0 saturated carbocycles. The second kappa shape index (κ2) is 11.1. The van der Waals surface area contributed by atoms with E-state index in [1.54, 1.807) is 6.07 Å². The van der Waals surface area contributed by atoms with Gasteiger partial charge < -0.3 is 16.0 Å². The highest BCUT2D eigenvalue weighted by Crippen LogP contribution is 2.30. The normalized spacial score (nSPS) is 14.9. The number of hydrogen-bond acceptors (Lipinski definition) is 3. The minimum atomic E-state index is -0.426. The van der Waals surface area contributed by atoms with Crippen molar-refractivity contribution in [2.24, 2.45) is 5.73 Å². The van der Waals surface area contributed by atoms with Crippen LogP contribution in [0.15, 0.2) is 89.5 Å². The highest BCUT2D eigenvalue weighted by atomic mass is 35.5. The molecular weight excluding hydrogens is 482 g/mol. The van der Waals surface area contributed by atoms with E-state index in [1.807, 2.05) is 48.5 Å². The minimum absolute atomic E-state index is 0.0669. The molecule has 1 aliphatic heterocycles. The summed E-state index contributed by atoms with van der Waals surface area (Å²) in [4.78, 5) is 27.0. The number of nitrogens with two attached hydrogens (primary N) is 1. The van der Waals surface area contributed by atoms with E-state index in [-0.39, 0.29) is 5.91 Å². The molecular formula is C31H30ClN3O2. The number of primary amides is 1. The van der Waals surface area contributed by atoms with Crippen molar-refractivity contribution in [1.29, 1.82) is 0 Å². The van der Waals surface area contributed by atoms with Crippen molar-refractivity contribution in [3.63, 3.8) is 0 Å². The van der Waals surface area contributed by atoms with Crippen LogP contribution in [0.25, 0.3) is 11.1 Å². The van der Waals surface area contributed by atoms with Crippen LogP contribution in [0.4, 0.5) is 5.69 Å². The number of halogens is 1. The lowest BCUT2D eigenvalue weighted by Gasteiger charge is -2.32. The lowest BCUT2D eigenvalue weighted by molar-refractivity contribution is 0.0955. The van der Waals surface area contributed by atoms with Crippen molar-refractivity contribution in [1.82, 2.24) is 5.32 Å². The van der Waals surface area contributed by atoms with Gasteiger partial charge in [0.25, 0.3) is 5.91 Å². The average molecular weight is 512 g/mol. The molecule has 1 heterocycles. The van der Waals surface area contributed by atoms with Crippen LogP contribution in [0.1, 0.15) is 51.1 Å². The fraction of sp³-hybridized carbons (Fsp3) is 0.226. The minimum Gasteiger partial charge on any atom is -0.367 e. The fourth-order valence-corrected chi connectivity index (χ4v) is 5.32. The lowest BCUT2D eigenvalue weighted by Crippen LogP contribution is -2.30. The molecule has 3 aromatic rings. The molecule has 0 bridgehead atoms. The van der Waals surface area contributed by atoms with Crippen LogP contribution >= 0.6 is 11.6 Å². The van der Waals surface area contributed by atoms with E-state index in [9.17, 15) is 9.59 Å². The van der Waals surface area contributed by atoms with E-state index in [4.69, 9.17) is 17.3 Å². The number of anilines is 1. The van der Waals surface area contributed by atoms with Crippen LogP contribution in [0.2, 0.25) is 0 Å². The van der Waals surface area contributed by atoms with Gasteiger partial charge in [-0.05, 0) is 83.9 Å². The number of rotatable bonds is 7. The maximum atomic E-state index is 12.8. The van der Waals surface area contributed by atoms with Crippen molar-refractivity contribution in [2.45, 2.75) is 32.2 Å². The van der Waals surface area contributed by atoms with Gasteiger partial charge in [-0.2, -0.15) is 0 Å². The van der Waals surface area contributed by atoms with E-state index in [0.29, 0.717) is 17.7 Å². The molecule has 3 aromatic carbocycles. The van der Waals surface area contributed by atoms with Crippen LogP contribution in [0.3, 0.4) is 0 Å². The summed E-state index contributed by atoms with van der Waals surface area (Å²) in [6, 6.07) is 21.7. The number of amides is 2. The van der Waals surface area contributed by atoms with Gasteiger partial charge in [0, 0.05) is 41.5 Å². The molecule has 37 heavy (non-hydrogen) atoms. The lowest BCUT2D eigenvalue weighted by atomic mass is 9.97. The second-order valence-corrected chi connectivity index (χ2v) is 10.1. The Balaban J connectivity index is 1.27. The molecule has 0 atom stereocenters. The summed E-state index contributed by atoms with van der Waals surface area (Å²) in [6.07, 6.45) is 7.85. The van der Waals surface area contributed by atoms with Crippen LogP contribution in [-0.4, -0.2) is 24.9 Å². The molecule has 1 aliphatic carbocycles. The first-order valence-corrected chi connectivity index (χ1v) is 13.0. The predicted octanol–water partition coefficient (Wildman–Crippen LogP) is 5.98. The maximum Gasteiger partial charge on any atom is 0.251 e. The van der Waals surface area contributed by atoms with E-state index in [1.165, 1.54) is 16.8 Å². The third kappa shape index (κ3) is 5.78. The van der Waals surface area contributed by atoms with Crippen molar-refractivity contribution >= 4 is 29.1 Å². The molecule has 0 fully saturated rings. The molecule has 0 saturated heterocycles. The predicted molar refractivity (Wildman–Crippen MR) is 150 cm³/mol. The molecule has 3 N–H and O–H groups in total.